The third-order valence-corrected chi connectivity index (χ3v) is 4.37. The highest BCUT2D eigenvalue weighted by Gasteiger charge is 2.10. The summed E-state index contributed by atoms with van der Waals surface area (Å²) in [6, 6.07) is 27.2. The smallest absolute Gasteiger partial charge is 0.251 e. The SMILES string of the molecule is O=C(NCCc1nnc(-c2ccccc2)o1)c1ccc(-c2ccccc2)cc1. The molecule has 0 atom stereocenters. The highest BCUT2D eigenvalue weighted by atomic mass is 16.4. The number of hydrogen-bond donors (Lipinski definition) is 1. The van der Waals surface area contributed by atoms with E-state index in [0.717, 1.165) is 16.7 Å². The standard InChI is InChI=1S/C23H19N3O2/c27-22(19-13-11-18(12-14-19)17-7-3-1-4-8-17)24-16-15-21-25-26-23(28-21)20-9-5-2-6-10-20/h1-14H,15-16H2,(H,24,27). The van der Waals surface area contributed by atoms with E-state index >= 15 is 0 Å². The minimum Gasteiger partial charge on any atom is -0.421 e. The molecule has 4 rings (SSSR count). The Bertz CT molecular complexity index is 1040. The van der Waals surface area contributed by atoms with Crippen LogP contribution in [-0.4, -0.2) is 22.6 Å². The number of nitrogens with zero attached hydrogens (tertiary/aromatic N) is 2. The summed E-state index contributed by atoms with van der Waals surface area (Å²) in [6.45, 7) is 0.426. The second-order valence-corrected chi connectivity index (χ2v) is 6.32. The molecule has 0 spiro atoms. The molecule has 0 aliphatic heterocycles. The number of nitrogens with one attached hydrogen (secondary N) is 1. The Balaban J connectivity index is 1.32. The van der Waals surface area contributed by atoms with Gasteiger partial charge in [0.15, 0.2) is 0 Å². The van der Waals surface area contributed by atoms with Crippen molar-refractivity contribution in [3.8, 4) is 22.6 Å². The first-order valence-corrected chi connectivity index (χ1v) is 9.11. The number of hydrogen-bond acceptors (Lipinski definition) is 4. The second-order valence-electron chi connectivity index (χ2n) is 6.32. The molecule has 28 heavy (non-hydrogen) atoms. The minimum atomic E-state index is -0.123. The van der Waals surface area contributed by atoms with Gasteiger partial charge in [0.1, 0.15) is 0 Å². The molecule has 1 heterocycles. The fourth-order valence-corrected chi connectivity index (χ4v) is 2.88. The highest BCUT2D eigenvalue weighted by molar-refractivity contribution is 5.94. The first-order chi connectivity index (χ1) is 13.8. The third-order valence-electron chi connectivity index (χ3n) is 4.37. The fraction of sp³-hybridized carbons (Fsp3) is 0.0870. The number of aromatic nitrogens is 2. The maximum absolute atomic E-state index is 12.3. The van der Waals surface area contributed by atoms with E-state index in [0.29, 0.717) is 30.3 Å². The van der Waals surface area contributed by atoms with Crippen LogP contribution in [0.5, 0.6) is 0 Å². The van der Waals surface area contributed by atoms with E-state index in [1.54, 1.807) is 0 Å². The molecule has 0 bridgehead atoms. The van der Waals surface area contributed by atoms with Crippen LogP contribution in [0.25, 0.3) is 22.6 Å². The molecule has 0 aliphatic carbocycles. The van der Waals surface area contributed by atoms with Crippen LogP contribution in [0.3, 0.4) is 0 Å². The lowest BCUT2D eigenvalue weighted by Crippen LogP contribution is -2.25. The van der Waals surface area contributed by atoms with E-state index < -0.39 is 0 Å². The van der Waals surface area contributed by atoms with Crippen LogP contribution < -0.4 is 5.32 Å². The molecule has 4 aromatic rings. The minimum absolute atomic E-state index is 0.123. The number of amides is 1. The molecule has 3 aromatic carbocycles. The molecule has 0 saturated heterocycles. The Morgan fingerprint density at radius 1 is 0.750 bits per heavy atom. The molecule has 0 aliphatic rings. The summed E-state index contributed by atoms with van der Waals surface area (Å²) in [4.78, 5) is 12.3. The topological polar surface area (TPSA) is 68.0 Å². The Morgan fingerprint density at radius 3 is 2.04 bits per heavy atom. The van der Waals surface area contributed by atoms with Gasteiger partial charge >= 0.3 is 0 Å². The van der Waals surface area contributed by atoms with E-state index in [1.807, 2.05) is 84.9 Å². The van der Waals surface area contributed by atoms with Gasteiger partial charge in [-0.05, 0) is 35.4 Å². The van der Waals surface area contributed by atoms with Crippen LogP contribution in [-0.2, 0) is 6.42 Å². The number of benzene rings is 3. The van der Waals surface area contributed by atoms with Crippen LogP contribution in [0, 0.1) is 0 Å². The summed E-state index contributed by atoms with van der Waals surface area (Å²) in [5, 5.41) is 11.0. The monoisotopic (exact) mass is 369 g/mol. The summed E-state index contributed by atoms with van der Waals surface area (Å²) in [7, 11) is 0. The van der Waals surface area contributed by atoms with Gasteiger partial charge in [0.05, 0.1) is 0 Å². The second kappa shape index (κ2) is 8.31. The molecule has 5 heteroatoms. The molecule has 0 radical (unpaired) electrons. The molecule has 1 amide bonds. The van der Waals surface area contributed by atoms with E-state index in [9.17, 15) is 4.79 Å². The zero-order valence-corrected chi connectivity index (χ0v) is 15.2. The molecule has 0 unspecified atom stereocenters. The molecule has 138 valence electrons. The molecule has 0 saturated carbocycles. The molecule has 0 fully saturated rings. The lowest BCUT2D eigenvalue weighted by molar-refractivity contribution is 0.0953. The van der Waals surface area contributed by atoms with Gasteiger partial charge < -0.3 is 9.73 Å². The third kappa shape index (κ3) is 4.15. The van der Waals surface area contributed by atoms with Crippen molar-refractivity contribution < 1.29 is 9.21 Å². The van der Waals surface area contributed by atoms with Crippen molar-refractivity contribution >= 4 is 5.91 Å². The molecule has 1 aromatic heterocycles. The zero-order chi connectivity index (χ0) is 19.2. The molecular formula is C23H19N3O2. The predicted octanol–water partition coefficient (Wildman–Crippen LogP) is 4.38. The normalized spacial score (nSPS) is 10.6. The Hall–Kier alpha value is -3.73. The van der Waals surface area contributed by atoms with Gasteiger partial charge in [0.2, 0.25) is 11.8 Å². The van der Waals surface area contributed by atoms with Crippen molar-refractivity contribution in [2.24, 2.45) is 0 Å². The van der Waals surface area contributed by atoms with E-state index in [1.165, 1.54) is 0 Å². The zero-order valence-electron chi connectivity index (χ0n) is 15.2. The Kier molecular flexibility index (Phi) is 5.24. The Morgan fingerprint density at radius 2 is 1.36 bits per heavy atom. The van der Waals surface area contributed by atoms with Crippen LogP contribution in [0.2, 0.25) is 0 Å². The lowest BCUT2D eigenvalue weighted by Gasteiger charge is -2.05. The van der Waals surface area contributed by atoms with Gasteiger partial charge in [-0.3, -0.25) is 4.79 Å². The van der Waals surface area contributed by atoms with Crippen LogP contribution in [0.15, 0.2) is 89.3 Å². The van der Waals surface area contributed by atoms with Gasteiger partial charge in [-0.2, -0.15) is 0 Å². The maximum Gasteiger partial charge on any atom is 0.251 e. The van der Waals surface area contributed by atoms with Crippen LogP contribution >= 0.6 is 0 Å². The fourth-order valence-electron chi connectivity index (χ4n) is 2.88. The molecule has 5 nitrogen and oxygen atoms in total. The first kappa shape index (κ1) is 17.7. The van der Waals surface area contributed by atoms with E-state index in [2.05, 4.69) is 15.5 Å². The first-order valence-electron chi connectivity index (χ1n) is 9.11. The lowest BCUT2D eigenvalue weighted by atomic mass is 10.0. The highest BCUT2D eigenvalue weighted by Crippen LogP contribution is 2.19. The maximum atomic E-state index is 12.3. The largest absolute Gasteiger partial charge is 0.421 e. The van der Waals surface area contributed by atoms with Gasteiger partial charge in [-0.25, -0.2) is 0 Å². The van der Waals surface area contributed by atoms with Crippen LogP contribution in [0.1, 0.15) is 16.2 Å². The van der Waals surface area contributed by atoms with Crippen molar-refractivity contribution in [2.45, 2.75) is 6.42 Å². The summed E-state index contributed by atoms with van der Waals surface area (Å²) < 4.78 is 5.65. The van der Waals surface area contributed by atoms with Crippen molar-refractivity contribution in [3.63, 3.8) is 0 Å². The van der Waals surface area contributed by atoms with Gasteiger partial charge in [-0.1, -0.05) is 60.7 Å². The average Bonchev–Trinajstić information content (AvgIpc) is 3.24. The van der Waals surface area contributed by atoms with Gasteiger partial charge in [0.25, 0.3) is 5.91 Å². The number of rotatable bonds is 6. The van der Waals surface area contributed by atoms with Gasteiger partial charge in [0, 0.05) is 24.1 Å². The van der Waals surface area contributed by atoms with E-state index in [4.69, 9.17) is 4.42 Å². The Labute approximate surface area is 163 Å². The van der Waals surface area contributed by atoms with Crippen molar-refractivity contribution in [1.29, 1.82) is 0 Å². The van der Waals surface area contributed by atoms with Crippen LogP contribution in [0.4, 0.5) is 0 Å². The number of carbonyl (C=O) groups excluding carboxylic acids is 1. The van der Waals surface area contributed by atoms with Crippen molar-refractivity contribution in [1.82, 2.24) is 15.5 Å². The average molecular weight is 369 g/mol. The molecular weight excluding hydrogens is 350 g/mol. The van der Waals surface area contributed by atoms with Crippen molar-refractivity contribution in [2.75, 3.05) is 6.54 Å². The summed E-state index contributed by atoms with van der Waals surface area (Å²) in [6.07, 6.45) is 0.480. The summed E-state index contributed by atoms with van der Waals surface area (Å²) in [5.41, 5.74) is 3.70. The predicted molar refractivity (Wildman–Crippen MR) is 108 cm³/mol. The van der Waals surface area contributed by atoms with Gasteiger partial charge in [-0.15, -0.1) is 10.2 Å². The van der Waals surface area contributed by atoms with E-state index in [-0.39, 0.29) is 5.91 Å². The quantitative estimate of drug-likeness (QED) is 0.548. The summed E-state index contributed by atoms with van der Waals surface area (Å²) in [5.74, 6) is 0.861. The number of carbonyl (C=O) groups is 1. The molecule has 1 N–H and O–H groups in total. The van der Waals surface area contributed by atoms with Crippen molar-refractivity contribution in [3.05, 3.63) is 96.4 Å². The summed E-state index contributed by atoms with van der Waals surface area (Å²) >= 11 is 0.